The van der Waals surface area contributed by atoms with Crippen LogP contribution >= 0.6 is 15.9 Å². The second-order valence-electron chi connectivity index (χ2n) is 10.2. The highest BCUT2D eigenvalue weighted by molar-refractivity contribution is 9.10. The van der Waals surface area contributed by atoms with E-state index in [2.05, 4.69) is 57.5 Å². The topological polar surface area (TPSA) is 64.6 Å². The van der Waals surface area contributed by atoms with Gasteiger partial charge in [-0.15, -0.1) is 0 Å². The van der Waals surface area contributed by atoms with Crippen LogP contribution in [0.2, 0.25) is 16.6 Å². The summed E-state index contributed by atoms with van der Waals surface area (Å²) in [5.74, 6) is 3.45. The first-order valence-corrected chi connectivity index (χ1v) is 15.6. The van der Waals surface area contributed by atoms with Crippen molar-refractivity contribution < 1.29 is 32.8 Å². The minimum atomic E-state index is -2.17. The van der Waals surface area contributed by atoms with Crippen LogP contribution in [0.1, 0.15) is 53.2 Å². The molecule has 0 fully saturated rings. The molecular weight excluding hydrogens is 556 g/mol. The van der Waals surface area contributed by atoms with Gasteiger partial charge in [0.05, 0.1) is 40.6 Å². The van der Waals surface area contributed by atoms with Crippen LogP contribution in [0.3, 0.4) is 0 Å². The Balaban J connectivity index is 2.15. The average molecular weight is 598 g/mol. The number of halogens is 1. The summed E-state index contributed by atoms with van der Waals surface area (Å²) in [6, 6.07) is 7.39. The van der Waals surface area contributed by atoms with Crippen LogP contribution in [-0.2, 0) is 4.43 Å². The van der Waals surface area contributed by atoms with E-state index in [0.29, 0.717) is 57.7 Å². The molecule has 0 aromatic heterocycles. The first-order chi connectivity index (χ1) is 17.5. The van der Waals surface area contributed by atoms with Gasteiger partial charge in [0, 0.05) is 16.6 Å². The van der Waals surface area contributed by atoms with Gasteiger partial charge in [-0.2, -0.15) is 0 Å². The monoisotopic (exact) mass is 596 g/mol. The van der Waals surface area contributed by atoms with Crippen LogP contribution in [0.25, 0.3) is 0 Å². The van der Waals surface area contributed by atoms with Gasteiger partial charge in [-0.25, -0.2) is 0 Å². The number of methoxy groups -OCH3 is 4. The molecule has 0 saturated heterocycles. The van der Waals surface area contributed by atoms with Crippen LogP contribution in [0.4, 0.5) is 0 Å². The largest absolute Gasteiger partial charge is 0.496 e. The van der Waals surface area contributed by atoms with E-state index in [1.165, 1.54) is 0 Å². The maximum absolute atomic E-state index is 6.98. The molecule has 2 aromatic carbocycles. The predicted molar refractivity (Wildman–Crippen MR) is 152 cm³/mol. The fraction of sp³-hybridized carbons (Fsp3) is 0.571. The van der Waals surface area contributed by atoms with Crippen molar-refractivity contribution in [1.82, 2.24) is 0 Å². The normalized spacial score (nSPS) is 17.4. The zero-order chi connectivity index (χ0) is 27.5. The highest BCUT2D eigenvalue weighted by Crippen LogP contribution is 2.51. The molecule has 0 N–H and O–H groups in total. The molecule has 37 heavy (non-hydrogen) atoms. The fourth-order valence-electron chi connectivity index (χ4n) is 5.73. The highest BCUT2D eigenvalue weighted by Gasteiger charge is 2.47. The summed E-state index contributed by atoms with van der Waals surface area (Å²) >= 11 is 3.56. The number of rotatable bonds is 11. The third-order valence-corrected chi connectivity index (χ3v) is 13.8. The Hall–Kier alpha value is -2.10. The van der Waals surface area contributed by atoms with Crippen molar-refractivity contribution in [3.63, 3.8) is 0 Å². The van der Waals surface area contributed by atoms with E-state index < -0.39 is 20.5 Å². The van der Waals surface area contributed by atoms with Gasteiger partial charge in [0.25, 0.3) is 0 Å². The van der Waals surface area contributed by atoms with Gasteiger partial charge in [0.1, 0.15) is 17.2 Å². The molecule has 0 aliphatic carbocycles. The number of benzene rings is 2. The predicted octanol–water partition coefficient (Wildman–Crippen LogP) is 7.56. The van der Waals surface area contributed by atoms with Crippen LogP contribution in [0, 0.1) is 0 Å². The Morgan fingerprint density at radius 2 is 1.30 bits per heavy atom. The fourth-order valence-corrected chi connectivity index (χ4v) is 11.6. The first kappa shape index (κ1) is 29.5. The molecule has 7 nitrogen and oxygen atoms in total. The lowest BCUT2D eigenvalue weighted by atomic mass is 10.00. The molecule has 206 valence electrons. The summed E-state index contributed by atoms with van der Waals surface area (Å²) < 4.78 is 43.8. The Kier molecular flexibility index (Phi) is 9.69. The molecule has 1 heterocycles. The van der Waals surface area contributed by atoms with Crippen molar-refractivity contribution in [2.75, 3.05) is 35.0 Å². The molecule has 1 aliphatic rings. The molecule has 1 aliphatic heterocycles. The Morgan fingerprint density at radius 1 is 0.757 bits per heavy atom. The Labute approximate surface area is 230 Å². The lowest BCUT2D eigenvalue weighted by Gasteiger charge is -2.44. The molecular formula is C28H41BrO7Si. The van der Waals surface area contributed by atoms with Gasteiger partial charge in [0.2, 0.25) is 14.1 Å². The first-order valence-electron chi connectivity index (χ1n) is 12.7. The van der Waals surface area contributed by atoms with E-state index in [1.54, 1.807) is 28.4 Å². The van der Waals surface area contributed by atoms with E-state index in [4.69, 9.17) is 32.8 Å². The molecule has 0 unspecified atom stereocenters. The molecule has 0 amide bonds. The van der Waals surface area contributed by atoms with E-state index in [1.807, 2.05) is 24.3 Å². The molecule has 0 saturated carbocycles. The zero-order valence-corrected chi connectivity index (χ0v) is 26.2. The summed E-state index contributed by atoms with van der Waals surface area (Å²) in [6.07, 6.45) is -1.05. The zero-order valence-electron chi connectivity index (χ0n) is 23.6. The minimum absolute atomic E-state index is 0.359. The molecule has 3 rings (SSSR count). The van der Waals surface area contributed by atoms with Gasteiger partial charge in [-0.05, 0) is 28.8 Å². The average Bonchev–Trinajstić information content (AvgIpc) is 2.86. The maximum atomic E-state index is 6.98. The van der Waals surface area contributed by atoms with Gasteiger partial charge >= 0.3 is 0 Å². The second kappa shape index (κ2) is 12.2. The third-order valence-electron chi connectivity index (χ3n) is 7.31. The summed E-state index contributed by atoms with van der Waals surface area (Å²) in [5, 5.41) is 0. The van der Waals surface area contributed by atoms with Crippen molar-refractivity contribution in [2.45, 2.75) is 70.4 Å². The highest BCUT2D eigenvalue weighted by atomic mass is 79.9. The minimum Gasteiger partial charge on any atom is -0.496 e. The molecule has 0 bridgehead atoms. The number of hydrogen-bond donors (Lipinski definition) is 0. The van der Waals surface area contributed by atoms with Crippen molar-refractivity contribution in [1.29, 1.82) is 0 Å². The van der Waals surface area contributed by atoms with Crippen LogP contribution in [0.5, 0.6) is 34.5 Å². The van der Waals surface area contributed by atoms with Gasteiger partial charge in [0.15, 0.2) is 23.7 Å². The Morgan fingerprint density at radius 3 is 1.76 bits per heavy atom. The summed E-state index contributed by atoms with van der Waals surface area (Å²) in [6.45, 7) is 14.0. The van der Waals surface area contributed by atoms with Crippen molar-refractivity contribution in [2.24, 2.45) is 0 Å². The summed E-state index contributed by atoms with van der Waals surface area (Å²) in [4.78, 5) is 0. The van der Waals surface area contributed by atoms with E-state index in [-0.39, 0.29) is 0 Å². The van der Waals surface area contributed by atoms with Crippen LogP contribution in [0.15, 0.2) is 28.7 Å². The lowest BCUT2D eigenvalue weighted by Crippen LogP contribution is -2.50. The number of hydrogen-bond acceptors (Lipinski definition) is 7. The van der Waals surface area contributed by atoms with Crippen molar-refractivity contribution in [3.8, 4) is 34.5 Å². The molecule has 9 heteroatoms. The summed E-state index contributed by atoms with van der Waals surface area (Å²) in [5.41, 5.74) is 2.02. The van der Waals surface area contributed by atoms with Gasteiger partial charge in [-0.1, -0.05) is 57.5 Å². The van der Waals surface area contributed by atoms with Gasteiger partial charge < -0.3 is 32.8 Å². The smallest absolute Gasteiger partial charge is 0.204 e. The maximum Gasteiger partial charge on any atom is 0.204 e. The third kappa shape index (κ3) is 5.68. The SMILES string of the molecule is COc1cc(OC)c([C@@H]2Oc3c(OC)cc(Br)cc3O[C@H]2CO[Si](C(C)C)(C(C)C)C(C)C)c(OC)c1. The second-order valence-corrected chi connectivity index (χ2v) is 16.6. The van der Waals surface area contributed by atoms with Crippen LogP contribution in [-0.4, -0.2) is 49.5 Å². The lowest BCUT2D eigenvalue weighted by molar-refractivity contribution is -0.0138. The number of ether oxygens (including phenoxy) is 6. The molecule has 2 atom stereocenters. The molecule has 0 spiro atoms. The van der Waals surface area contributed by atoms with Crippen LogP contribution < -0.4 is 28.4 Å². The quantitative estimate of drug-likeness (QED) is 0.248. The Bertz CT molecular complexity index is 1030. The van der Waals surface area contributed by atoms with E-state index in [0.717, 1.165) is 10.0 Å². The van der Waals surface area contributed by atoms with E-state index >= 15 is 0 Å². The number of fused-ring (bicyclic) bond motifs is 1. The molecule has 0 radical (unpaired) electrons. The molecule has 2 aromatic rings. The summed E-state index contributed by atoms with van der Waals surface area (Å²) in [7, 11) is 4.28. The standard InChI is InChI=1S/C28H41BrO7Si/c1-16(2)37(17(3)4,18(5)6)34-15-25-28(26-21(31-8)13-20(30-7)14-22(26)32-9)36-27-23(33-10)11-19(29)12-24(27)35-25/h11-14,16-18,25,28H,15H2,1-10H3/t25-,28+/m0/s1. The van der Waals surface area contributed by atoms with E-state index in [9.17, 15) is 0 Å². The van der Waals surface area contributed by atoms with Gasteiger partial charge in [-0.3, -0.25) is 0 Å². The van der Waals surface area contributed by atoms with Crippen molar-refractivity contribution >= 4 is 24.2 Å². The van der Waals surface area contributed by atoms with Crippen molar-refractivity contribution in [3.05, 3.63) is 34.3 Å².